The standard InChI is InChI=1S/C29H33Cl2N3O4S/c1-4-17-32-29(36)27(18-22-9-6-5-7-10-22)34(19-24-25(30)11-8-12-26(24)31)28(35)20-33(3)39(37,38)23-15-13-21(2)14-16-23/h5-16,27H,4,17-20H2,1-3H3,(H,32,36)/t27-/m0/s1. The summed E-state index contributed by atoms with van der Waals surface area (Å²) in [5, 5.41) is 3.57. The molecular formula is C29H33Cl2N3O4S. The molecule has 1 atom stereocenters. The van der Waals surface area contributed by atoms with Gasteiger partial charge in [0.1, 0.15) is 6.04 Å². The van der Waals surface area contributed by atoms with Gasteiger partial charge in [0.15, 0.2) is 0 Å². The lowest BCUT2D eigenvalue weighted by atomic mass is 10.0. The Hall–Kier alpha value is -2.91. The van der Waals surface area contributed by atoms with Crippen LogP contribution >= 0.6 is 23.2 Å². The number of amides is 2. The summed E-state index contributed by atoms with van der Waals surface area (Å²) < 4.78 is 27.5. The highest BCUT2D eigenvalue weighted by molar-refractivity contribution is 7.89. The first-order valence-corrected chi connectivity index (χ1v) is 14.8. The molecule has 0 saturated carbocycles. The number of carbonyl (C=O) groups excluding carboxylic acids is 2. The SMILES string of the molecule is CCCNC(=O)[C@H](Cc1ccccc1)N(Cc1c(Cl)cccc1Cl)C(=O)CN(C)S(=O)(=O)c1ccc(C)cc1. The van der Waals surface area contributed by atoms with E-state index in [2.05, 4.69) is 5.32 Å². The molecule has 0 aliphatic carbocycles. The fraction of sp³-hybridized carbons (Fsp3) is 0.310. The van der Waals surface area contributed by atoms with Gasteiger partial charge in [0.25, 0.3) is 0 Å². The Morgan fingerprint density at radius 3 is 2.13 bits per heavy atom. The lowest BCUT2D eigenvalue weighted by Crippen LogP contribution is -2.53. The van der Waals surface area contributed by atoms with Crippen LogP contribution in [0.2, 0.25) is 10.0 Å². The predicted octanol–water partition coefficient (Wildman–Crippen LogP) is 5.09. The fourth-order valence-corrected chi connectivity index (χ4v) is 5.67. The predicted molar refractivity (Wildman–Crippen MR) is 155 cm³/mol. The number of hydrogen-bond acceptors (Lipinski definition) is 4. The van der Waals surface area contributed by atoms with Gasteiger partial charge in [-0.3, -0.25) is 9.59 Å². The number of nitrogens with zero attached hydrogens (tertiary/aromatic N) is 2. The Kier molecular flexibility index (Phi) is 10.9. The number of halogens is 2. The average Bonchev–Trinajstić information content (AvgIpc) is 2.91. The normalized spacial score (nSPS) is 12.3. The van der Waals surface area contributed by atoms with E-state index >= 15 is 0 Å². The van der Waals surface area contributed by atoms with Crippen molar-refractivity contribution in [3.8, 4) is 0 Å². The molecule has 0 bridgehead atoms. The highest BCUT2D eigenvalue weighted by atomic mass is 35.5. The van der Waals surface area contributed by atoms with Gasteiger partial charge >= 0.3 is 0 Å². The zero-order valence-electron chi connectivity index (χ0n) is 22.2. The minimum absolute atomic E-state index is 0.0747. The second-order valence-corrected chi connectivity index (χ2v) is 12.2. The summed E-state index contributed by atoms with van der Waals surface area (Å²) >= 11 is 12.9. The van der Waals surface area contributed by atoms with Crippen molar-refractivity contribution < 1.29 is 18.0 Å². The fourth-order valence-electron chi connectivity index (χ4n) is 4.03. The van der Waals surface area contributed by atoms with Crippen molar-refractivity contribution in [1.29, 1.82) is 0 Å². The molecule has 0 unspecified atom stereocenters. The zero-order valence-corrected chi connectivity index (χ0v) is 24.6. The van der Waals surface area contributed by atoms with Crippen LogP contribution in [-0.2, 0) is 32.6 Å². The number of carbonyl (C=O) groups is 2. The Morgan fingerprint density at radius 2 is 1.54 bits per heavy atom. The number of benzene rings is 3. The first kappa shape index (κ1) is 30.6. The largest absolute Gasteiger partial charge is 0.354 e. The molecule has 0 aromatic heterocycles. The van der Waals surface area contributed by atoms with E-state index in [0.29, 0.717) is 28.6 Å². The Bertz CT molecular complexity index is 1360. The van der Waals surface area contributed by atoms with Crippen molar-refractivity contribution in [3.05, 3.63) is 99.5 Å². The number of likely N-dealkylation sites (N-methyl/N-ethyl adjacent to an activating group) is 1. The summed E-state index contributed by atoms with van der Waals surface area (Å²) in [7, 11) is -2.62. The molecule has 1 N–H and O–H groups in total. The first-order valence-electron chi connectivity index (χ1n) is 12.6. The highest BCUT2D eigenvalue weighted by Crippen LogP contribution is 2.27. The molecule has 0 radical (unpaired) electrons. The van der Waals surface area contributed by atoms with Crippen molar-refractivity contribution in [1.82, 2.24) is 14.5 Å². The zero-order chi connectivity index (χ0) is 28.6. The molecule has 3 aromatic carbocycles. The summed E-state index contributed by atoms with van der Waals surface area (Å²) in [4.78, 5) is 28.8. The second-order valence-electron chi connectivity index (χ2n) is 9.29. The molecule has 3 rings (SSSR count). The van der Waals surface area contributed by atoms with E-state index in [1.807, 2.05) is 44.2 Å². The minimum atomic E-state index is -3.96. The first-order chi connectivity index (χ1) is 18.5. The summed E-state index contributed by atoms with van der Waals surface area (Å²) in [6.45, 7) is 3.67. The molecule has 7 nitrogen and oxygen atoms in total. The second kappa shape index (κ2) is 13.9. The molecule has 0 fully saturated rings. The maximum atomic E-state index is 13.9. The van der Waals surface area contributed by atoms with Crippen LogP contribution in [0.3, 0.4) is 0 Å². The highest BCUT2D eigenvalue weighted by Gasteiger charge is 2.33. The molecule has 208 valence electrons. The molecule has 39 heavy (non-hydrogen) atoms. The third kappa shape index (κ3) is 8.05. The molecule has 3 aromatic rings. The van der Waals surface area contributed by atoms with Gasteiger partial charge in [0, 0.05) is 42.2 Å². The van der Waals surface area contributed by atoms with Gasteiger partial charge in [-0.2, -0.15) is 4.31 Å². The van der Waals surface area contributed by atoms with Gasteiger partial charge in [-0.05, 0) is 43.2 Å². The van der Waals surface area contributed by atoms with E-state index in [4.69, 9.17) is 23.2 Å². The Labute approximate surface area is 240 Å². The van der Waals surface area contributed by atoms with Crippen molar-refractivity contribution in [3.63, 3.8) is 0 Å². The molecule has 10 heteroatoms. The van der Waals surface area contributed by atoms with E-state index in [1.165, 1.54) is 24.1 Å². The average molecular weight is 591 g/mol. The van der Waals surface area contributed by atoms with Gasteiger partial charge in [0.2, 0.25) is 21.8 Å². The third-order valence-corrected chi connectivity index (χ3v) is 8.82. The quantitative estimate of drug-likeness (QED) is 0.319. The summed E-state index contributed by atoms with van der Waals surface area (Å²) in [5.74, 6) is -0.905. The summed E-state index contributed by atoms with van der Waals surface area (Å²) in [6.07, 6.45) is 0.935. The monoisotopic (exact) mass is 589 g/mol. The van der Waals surface area contributed by atoms with Crippen molar-refractivity contribution in [2.45, 2.75) is 44.2 Å². The number of nitrogens with one attached hydrogen (secondary N) is 1. The maximum absolute atomic E-state index is 13.9. The third-order valence-electron chi connectivity index (χ3n) is 6.30. The topological polar surface area (TPSA) is 86.8 Å². The maximum Gasteiger partial charge on any atom is 0.243 e. The van der Waals surface area contributed by atoms with Gasteiger partial charge in [0.05, 0.1) is 11.4 Å². The van der Waals surface area contributed by atoms with Crippen LogP contribution in [0.15, 0.2) is 77.7 Å². The molecule has 0 aliphatic rings. The molecule has 0 saturated heterocycles. The Balaban J connectivity index is 2.00. The van der Waals surface area contributed by atoms with Crippen LogP contribution in [0.4, 0.5) is 0 Å². The van der Waals surface area contributed by atoms with Crippen molar-refractivity contribution in [2.24, 2.45) is 0 Å². The Morgan fingerprint density at radius 1 is 0.923 bits per heavy atom. The van der Waals surface area contributed by atoms with Crippen LogP contribution in [0.25, 0.3) is 0 Å². The van der Waals surface area contributed by atoms with Crippen LogP contribution in [0.1, 0.15) is 30.0 Å². The van der Waals surface area contributed by atoms with E-state index in [0.717, 1.165) is 15.4 Å². The molecular weight excluding hydrogens is 557 g/mol. The van der Waals surface area contributed by atoms with Crippen molar-refractivity contribution >= 4 is 45.0 Å². The summed E-state index contributed by atoms with van der Waals surface area (Å²) in [5.41, 5.74) is 2.23. The van der Waals surface area contributed by atoms with E-state index < -0.39 is 28.5 Å². The molecule has 2 amide bonds. The van der Waals surface area contributed by atoms with Gasteiger partial charge in [-0.25, -0.2) is 8.42 Å². The molecule has 0 spiro atoms. The number of rotatable bonds is 12. The number of aryl methyl sites for hydroxylation is 1. The lowest BCUT2D eigenvalue weighted by Gasteiger charge is -2.33. The van der Waals surface area contributed by atoms with Crippen LogP contribution < -0.4 is 5.32 Å². The lowest BCUT2D eigenvalue weighted by molar-refractivity contribution is -0.141. The van der Waals surface area contributed by atoms with E-state index in [1.54, 1.807) is 30.3 Å². The van der Waals surface area contributed by atoms with Gasteiger partial charge < -0.3 is 10.2 Å². The van der Waals surface area contributed by atoms with Crippen LogP contribution in [0.5, 0.6) is 0 Å². The van der Waals surface area contributed by atoms with E-state index in [9.17, 15) is 18.0 Å². The summed E-state index contributed by atoms with van der Waals surface area (Å²) in [6, 6.07) is 19.8. The van der Waals surface area contributed by atoms with Gasteiger partial charge in [-0.15, -0.1) is 0 Å². The molecule has 0 heterocycles. The molecule has 0 aliphatic heterocycles. The van der Waals surface area contributed by atoms with Crippen molar-refractivity contribution in [2.75, 3.05) is 20.1 Å². The van der Waals surface area contributed by atoms with E-state index in [-0.39, 0.29) is 23.8 Å². The van der Waals surface area contributed by atoms with Crippen LogP contribution in [-0.4, -0.2) is 55.6 Å². The minimum Gasteiger partial charge on any atom is -0.354 e. The smallest absolute Gasteiger partial charge is 0.243 e. The number of hydrogen-bond donors (Lipinski definition) is 1. The van der Waals surface area contributed by atoms with Crippen LogP contribution in [0, 0.1) is 6.92 Å². The van der Waals surface area contributed by atoms with Gasteiger partial charge in [-0.1, -0.05) is 84.2 Å². The number of sulfonamides is 1.